The lowest BCUT2D eigenvalue weighted by Crippen LogP contribution is -2.34. The van der Waals surface area contributed by atoms with Gasteiger partial charge in [0.2, 0.25) is 5.91 Å². The van der Waals surface area contributed by atoms with Crippen molar-refractivity contribution in [2.45, 2.75) is 20.0 Å². The summed E-state index contributed by atoms with van der Waals surface area (Å²) in [6.45, 7) is 4.66. The molecule has 0 saturated carbocycles. The molecule has 0 aromatic heterocycles. The van der Waals surface area contributed by atoms with Crippen LogP contribution in [0.1, 0.15) is 13.8 Å². The Labute approximate surface area is 65.6 Å². The van der Waals surface area contributed by atoms with Crippen LogP contribution in [0.4, 0.5) is 0 Å². The molecule has 0 aliphatic carbocycles. The summed E-state index contributed by atoms with van der Waals surface area (Å²) >= 11 is 0. The Morgan fingerprint density at radius 1 is 1.82 bits per heavy atom. The quantitative estimate of drug-likeness (QED) is 0.622. The molecule has 0 aromatic carbocycles. The summed E-state index contributed by atoms with van der Waals surface area (Å²) < 4.78 is 5.23. The molecule has 0 fully saturated rings. The largest absolute Gasteiger partial charge is 0.371 e. The number of amides is 1. The van der Waals surface area contributed by atoms with Gasteiger partial charge in [0, 0.05) is 6.61 Å². The Balaban J connectivity index is 2.42. The van der Waals surface area contributed by atoms with Crippen LogP contribution >= 0.6 is 0 Å². The first-order valence-electron chi connectivity index (χ1n) is 3.70. The molecule has 1 heterocycles. The molecule has 0 spiro atoms. The van der Waals surface area contributed by atoms with Crippen molar-refractivity contribution in [3.8, 4) is 0 Å². The van der Waals surface area contributed by atoms with Gasteiger partial charge in [0.15, 0.2) is 0 Å². The number of amidine groups is 1. The third-order valence-corrected chi connectivity index (χ3v) is 1.46. The lowest BCUT2D eigenvalue weighted by atomic mass is 10.4. The van der Waals surface area contributed by atoms with Gasteiger partial charge in [-0.25, -0.2) is 0 Å². The molecule has 1 atom stereocenters. The number of aliphatic imine (C=N–C) groups is 1. The maximum absolute atomic E-state index is 10.7. The molecule has 0 radical (unpaired) electrons. The normalized spacial score (nSPS) is 19.5. The van der Waals surface area contributed by atoms with E-state index in [0.29, 0.717) is 12.4 Å². The van der Waals surface area contributed by atoms with Crippen LogP contribution in [0.25, 0.3) is 0 Å². The Kier molecular flexibility index (Phi) is 2.59. The molecule has 4 nitrogen and oxygen atoms in total. The van der Waals surface area contributed by atoms with E-state index in [-0.39, 0.29) is 18.6 Å². The summed E-state index contributed by atoms with van der Waals surface area (Å²) in [7, 11) is 0. The van der Waals surface area contributed by atoms with Gasteiger partial charge in [-0.3, -0.25) is 9.79 Å². The maximum atomic E-state index is 10.7. The zero-order valence-electron chi connectivity index (χ0n) is 6.76. The van der Waals surface area contributed by atoms with Crippen LogP contribution in [0.3, 0.4) is 0 Å². The van der Waals surface area contributed by atoms with Gasteiger partial charge in [0.1, 0.15) is 18.5 Å². The van der Waals surface area contributed by atoms with Crippen molar-refractivity contribution in [2.75, 3.05) is 13.2 Å². The predicted octanol–water partition coefficient (Wildman–Crippen LogP) is -0.0603. The summed E-state index contributed by atoms with van der Waals surface area (Å²) in [6, 6.07) is 0. The number of nitrogens with one attached hydrogen (secondary N) is 1. The second-order valence-corrected chi connectivity index (χ2v) is 2.35. The number of ether oxygens (including phenoxy) is 1. The van der Waals surface area contributed by atoms with Gasteiger partial charge >= 0.3 is 0 Å². The molecule has 0 aromatic rings. The second-order valence-electron chi connectivity index (χ2n) is 2.35. The van der Waals surface area contributed by atoms with Crippen molar-refractivity contribution >= 4 is 11.7 Å². The first-order chi connectivity index (χ1) is 5.24. The van der Waals surface area contributed by atoms with Gasteiger partial charge in [-0.05, 0) is 13.8 Å². The van der Waals surface area contributed by atoms with Crippen molar-refractivity contribution in [3.05, 3.63) is 0 Å². The Morgan fingerprint density at radius 2 is 2.55 bits per heavy atom. The van der Waals surface area contributed by atoms with E-state index in [4.69, 9.17) is 4.74 Å². The SMILES string of the molecule is CCOC(C)C1=NCC(=O)N1. The number of hydrogen-bond acceptors (Lipinski definition) is 3. The molecule has 0 bridgehead atoms. The van der Waals surface area contributed by atoms with Crippen LogP contribution in [0.2, 0.25) is 0 Å². The van der Waals surface area contributed by atoms with Crippen LogP contribution in [0.5, 0.6) is 0 Å². The van der Waals surface area contributed by atoms with Crippen molar-refractivity contribution in [2.24, 2.45) is 4.99 Å². The number of rotatable bonds is 3. The van der Waals surface area contributed by atoms with Crippen molar-refractivity contribution in [3.63, 3.8) is 0 Å². The van der Waals surface area contributed by atoms with Crippen LogP contribution in [0, 0.1) is 0 Å². The minimum atomic E-state index is -0.0913. The summed E-state index contributed by atoms with van der Waals surface area (Å²) in [5.74, 6) is 0.600. The molecule has 1 unspecified atom stereocenters. The highest BCUT2D eigenvalue weighted by Crippen LogP contribution is 1.97. The van der Waals surface area contributed by atoms with E-state index >= 15 is 0 Å². The standard InChI is InChI=1S/C7H12N2O2/c1-3-11-5(2)7-8-4-6(10)9-7/h5H,3-4H2,1-2H3,(H,8,9,10). The van der Waals surface area contributed by atoms with E-state index in [1.165, 1.54) is 0 Å². The topological polar surface area (TPSA) is 50.7 Å². The predicted molar refractivity (Wildman–Crippen MR) is 41.5 cm³/mol. The zero-order chi connectivity index (χ0) is 8.27. The summed E-state index contributed by atoms with van der Waals surface area (Å²) in [6.07, 6.45) is -0.0913. The maximum Gasteiger partial charge on any atom is 0.247 e. The molecule has 1 aliphatic heterocycles. The Morgan fingerprint density at radius 3 is 3.00 bits per heavy atom. The van der Waals surface area contributed by atoms with E-state index in [1.807, 2.05) is 13.8 Å². The molecule has 4 heteroatoms. The highest BCUT2D eigenvalue weighted by molar-refractivity contribution is 6.05. The summed E-state index contributed by atoms with van der Waals surface area (Å²) in [5, 5.41) is 2.62. The van der Waals surface area contributed by atoms with E-state index in [0.717, 1.165) is 0 Å². The highest BCUT2D eigenvalue weighted by atomic mass is 16.5. The average molecular weight is 156 g/mol. The number of carbonyl (C=O) groups is 1. The van der Waals surface area contributed by atoms with Crippen LogP contribution in [-0.2, 0) is 9.53 Å². The average Bonchev–Trinajstić information content (AvgIpc) is 2.36. The molecular formula is C7H12N2O2. The van der Waals surface area contributed by atoms with Crippen LogP contribution in [0.15, 0.2) is 4.99 Å². The van der Waals surface area contributed by atoms with Crippen molar-refractivity contribution in [1.82, 2.24) is 5.32 Å². The van der Waals surface area contributed by atoms with Gasteiger partial charge < -0.3 is 10.1 Å². The number of carbonyl (C=O) groups excluding carboxylic acids is 1. The smallest absolute Gasteiger partial charge is 0.247 e. The molecule has 0 saturated heterocycles. The third kappa shape index (κ3) is 2.01. The van der Waals surface area contributed by atoms with Gasteiger partial charge in [-0.2, -0.15) is 0 Å². The molecule has 1 aliphatic rings. The molecule has 62 valence electrons. The molecule has 1 N–H and O–H groups in total. The minimum Gasteiger partial charge on any atom is -0.371 e. The first kappa shape index (κ1) is 8.20. The molecular weight excluding hydrogens is 144 g/mol. The number of hydrogen-bond donors (Lipinski definition) is 1. The monoisotopic (exact) mass is 156 g/mol. The number of nitrogens with zero attached hydrogens (tertiary/aromatic N) is 1. The highest BCUT2D eigenvalue weighted by Gasteiger charge is 2.18. The van der Waals surface area contributed by atoms with Gasteiger partial charge in [0.05, 0.1) is 0 Å². The third-order valence-electron chi connectivity index (χ3n) is 1.46. The Bertz CT molecular complexity index is 189. The molecule has 1 amide bonds. The fraction of sp³-hybridized carbons (Fsp3) is 0.714. The fourth-order valence-electron chi connectivity index (χ4n) is 0.938. The fourth-order valence-corrected chi connectivity index (χ4v) is 0.938. The van der Waals surface area contributed by atoms with Crippen molar-refractivity contribution in [1.29, 1.82) is 0 Å². The lowest BCUT2D eigenvalue weighted by Gasteiger charge is -2.10. The van der Waals surface area contributed by atoms with Gasteiger partial charge in [-0.15, -0.1) is 0 Å². The molecule has 11 heavy (non-hydrogen) atoms. The van der Waals surface area contributed by atoms with E-state index in [1.54, 1.807) is 0 Å². The van der Waals surface area contributed by atoms with E-state index in [2.05, 4.69) is 10.3 Å². The lowest BCUT2D eigenvalue weighted by molar-refractivity contribution is -0.117. The second kappa shape index (κ2) is 3.48. The summed E-state index contributed by atoms with van der Waals surface area (Å²) in [5.41, 5.74) is 0. The van der Waals surface area contributed by atoms with Gasteiger partial charge in [-0.1, -0.05) is 0 Å². The first-order valence-corrected chi connectivity index (χ1v) is 3.70. The summed E-state index contributed by atoms with van der Waals surface area (Å²) in [4.78, 5) is 14.6. The van der Waals surface area contributed by atoms with Crippen LogP contribution < -0.4 is 5.32 Å². The zero-order valence-corrected chi connectivity index (χ0v) is 6.76. The Hall–Kier alpha value is -0.900. The molecule has 1 rings (SSSR count). The van der Waals surface area contributed by atoms with Gasteiger partial charge in [0.25, 0.3) is 0 Å². The van der Waals surface area contributed by atoms with Crippen LogP contribution in [-0.4, -0.2) is 31.0 Å². The minimum absolute atomic E-state index is 0.0495. The van der Waals surface area contributed by atoms with E-state index in [9.17, 15) is 4.79 Å². The van der Waals surface area contributed by atoms with Crippen molar-refractivity contribution < 1.29 is 9.53 Å². The van der Waals surface area contributed by atoms with E-state index < -0.39 is 0 Å².